The Labute approximate surface area is 227 Å². The van der Waals surface area contributed by atoms with Gasteiger partial charge in [-0.3, -0.25) is 4.79 Å². The summed E-state index contributed by atoms with van der Waals surface area (Å²) in [4.78, 5) is 12.7. The Morgan fingerprint density at radius 2 is 1.84 bits per heavy atom. The Morgan fingerprint density at radius 1 is 1.11 bits per heavy atom. The van der Waals surface area contributed by atoms with Crippen molar-refractivity contribution >= 4 is 23.2 Å². The standard InChI is InChI=1S/C31H46ClNO4/c1-18(5-10-28(36)33-20-6-9-27(37-4)25(32)17-20)22-7-8-23-29-24(12-14-31(22,23)3)30(2)13-11-21(34)15-19(30)16-26(29)35/h6,9,17-19,21-24,26,29,34-35H,5,7-8,10-16H2,1-4H3,(H,33,36)/t18-,19+,21-,22-,23+,24+,26+,29+,30+,31-/m0/s1. The van der Waals surface area contributed by atoms with Crippen LogP contribution in [0.25, 0.3) is 0 Å². The van der Waals surface area contributed by atoms with Crippen molar-refractivity contribution in [3.63, 3.8) is 0 Å². The molecule has 6 heteroatoms. The van der Waals surface area contributed by atoms with Gasteiger partial charge < -0.3 is 20.3 Å². The van der Waals surface area contributed by atoms with Crippen LogP contribution in [0.1, 0.15) is 85.0 Å². The highest BCUT2D eigenvalue weighted by Crippen LogP contribution is 2.68. The summed E-state index contributed by atoms with van der Waals surface area (Å²) in [6, 6.07) is 5.32. The molecule has 0 radical (unpaired) electrons. The van der Waals surface area contributed by atoms with Crippen molar-refractivity contribution in [2.24, 2.45) is 46.3 Å². The smallest absolute Gasteiger partial charge is 0.224 e. The second kappa shape index (κ2) is 10.4. The van der Waals surface area contributed by atoms with Gasteiger partial charge in [-0.15, -0.1) is 0 Å². The minimum Gasteiger partial charge on any atom is -0.495 e. The van der Waals surface area contributed by atoms with E-state index in [1.54, 1.807) is 19.2 Å². The SMILES string of the molecule is COc1ccc(NC(=O)CC[C@H](C)[C@@H]2CC[C@@H]3[C@H]4[C@H](O)C[C@H]5C[C@@H](O)CC[C@@]5(C)[C@@H]4CC[C@]32C)cc1Cl. The van der Waals surface area contributed by atoms with Gasteiger partial charge in [0.25, 0.3) is 0 Å². The number of ether oxygens (including phenoxy) is 1. The monoisotopic (exact) mass is 531 g/mol. The number of amides is 1. The zero-order valence-electron chi connectivity index (χ0n) is 23.0. The maximum atomic E-state index is 12.7. The summed E-state index contributed by atoms with van der Waals surface area (Å²) in [5, 5.41) is 25.2. The highest BCUT2D eigenvalue weighted by molar-refractivity contribution is 6.32. The molecule has 0 unspecified atom stereocenters. The number of hydrogen-bond donors (Lipinski definition) is 3. The molecule has 3 N–H and O–H groups in total. The summed E-state index contributed by atoms with van der Waals surface area (Å²) in [6.07, 6.45) is 9.50. The van der Waals surface area contributed by atoms with E-state index < -0.39 is 0 Å². The molecule has 206 valence electrons. The maximum Gasteiger partial charge on any atom is 0.224 e. The number of rotatable bonds is 6. The van der Waals surface area contributed by atoms with Gasteiger partial charge in [0.2, 0.25) is 5.91 Å². The Balaban J connectivity index is 1.22. The molecule has 4 aliphatic rings. The number of halogens is 1. The lowest BCUT2D eigenvalue weighted by atomic mass is 9.43. The minimum absolute atomic E-state index is 0.0256. The molecule has 0 saturated heterocycles. The van der Waals surface area contributed by atoms with Crippen molar-refractivity contribution in [1.29, 1.82) is 0 Å². The van der Waals surface area contributed by atoms with E-state index in [-0.39, 0.29) is 28.9 Å². The summed E-state index contributed by atoms with van der Waals surface area (Å²) >= 11 is 6.21. The van der Waals surface area contributed by atoms with Gasteiger partial charge in [-0.1, -0.05) is 32.4 Å². The van der Waals surface area contributed by atoms with Crippen molar-refractivity contribution in [2.75, 3.05) is 12.4 Å². The van der Waals surface area contributed by atoms with E-state index in [9.17, 15) is 15.0 Å². The largest absolute Gasteiger partial charge is 0.495 e. The van der Waals surface area contributed by atoms with Crippen LogP contribution in [-0.2, 0) is 4.79 Å². The summed E-state index contributed by atoms with van der Waals surface area (Å²) in [5.74, 6) is 3.65. The lowest BCUT2D eigenvalue weighted by Crippen LogP contribution is -2.58. The number of benzene rings is 1. The third kappa shape index (κ3) is 4.82. The number of carbonyl (C=O) groups excluding carboxylic acids is 1. The number of methoxy groups -OCH3 is 1. The van der Waals surface area contributed by atoms with Crippen LogP contribution in [-0.4, -0.2) is 35.4 Å². The highest BCUT2D eigenvalue weighted by atomic mass is 35.5. The van der Waals surface area contributed by atoms with Crippen LogP contribution in [0.3, 0.4) is 0 Å². The van der Waals surface area contributed by atoms with Crippen LogP contribution in [0.4, 0.5) is 5.69 Å². The molecule has 5 nitrogen and oxygen atoms in total. The minimum atomic E-state index is -0.242. The van der Waals surface area contributed by atoms with E-state index in [1.807, 2.05) is 6.07 Å². The molecule has 4 fully saturated rings. The molecular formula is C31H46ClNO4. The number of aliphatic hydroxyl groups is 2. The van der Waals surface area contributed by atoms with Gasteiger partial charge in [-0.05, 0) is 122 Å². The third-order valence-electron chi connectivity index (χ3n) is 11.7. The molecule has 4 aliphatic carbocycles. The summed E-state index contributed by atoms with van der Waals surface area (Å²) < 4.78 is 5.20. The zero-order valence-corrected chi connectivity index (χ0v) is 23.8. The first-order chi connectivity index (χ1) is 17.6. The van der Waals surface area contributed by atoms with Gasteiger partial charge >= 0.3 is 0 Å². The molecule has 4 saturated carbocycles. The predicted octanol–water partition coefficient (Wildman–Crippen LogP) is 6.69. The van der Waals surface area contributed by atoms with E-state index >= 15 is 0 Å². The normalized spacial score (nSPS) is 41.8. The zero-order chi connectivity index (χ0) is 26.5. The first kappa shape index (κ1) is 27.3. The van der Waals surface area contributed by atoms with Crippen molar-refractivity contribution in [2.45, 2.75) is 97.2 Å². The van der Waals surface area contributed by atoms with Gasteiger partial charge in [-0.25, -0.2) is 0 Å². The fourth-order valence-electron chi connectivity index (χ4n) is 9.70. The molecule has 1 aromatic rings. The molecule has 37 heavy (non-hydrogen) atoms. The lowest BCUT2D eigenvalue weighted by molar-refractivity contribution is -0.174. The molecule has 0 aliphatic heterocycles. The second-order valence-corrected chi connectivity index (χ2v) is 13.8. The number of hydrogen-bond acceptors (Lipinski definition) is 4. The number of nitrogens with one attached hydrogen (secondary N) is 1. The molecule has 0 aromatic heterocycles. The van der Waals surface area contributed by atoms with Crippen molar-refractivity contribution < 1.29 is 19.7 Å². The Morgan fingerprint density at radius 3 is 2.57 bits per heavy atom. The molecule has 5 rings (SSSR count). The van der Waals surface area contributed by atoms with E-state index in [2.05, 4.69) is 26.1 Å². The van der Waals surface area contributed by atoms with E-state index in [0.29, 0.717) is 58.4 Å². The summed E-state index contributed by atoms with van der Waals surface area (Å²) in [5.41, 5.74) is 1.19. The third-order valence-corrected chi connectivity index (χ3v) is 12.0. The van der Waals surface area contributed by atoms with E-state index in [0.717, 1.165) is 32.1 Å². The van der Waals surface area contributed by atoms with Crippen LogP contribution >= 0.6 is 11.6 Å². The van der Waals surface area contributed by atoms with Crippen molar-refractivity contribution in [3.05, 3.63) is 23.2 Å². The summed E-state index contributed by atoms with van der Waals surface area (Å²) in [6.45, 7) is 7.30. The van der Waals surface area contributed by atoms with Gasteiger partial charge in [0.1, 0.15) is 5.75 Å². The van der Waals surface area contributed by atoms with Crippen LogP contribution < -0.4 is 10.1 Å². The number of carbonyl (C=O) groups is 1. The lowest BCUT2D eigenvalue weighted by Gasteiger charge is -2.62. The maximum absolute atomic E-state index is 12.7. The first-order valence-corrected chi connectivity index (χ1v) is 14.9. The average molecular weight is 532 g/mol. The number of aliphatic hydroxyl groups excluding tert-OH is 2. The Kier molecular flexibility index (Phi) is 7.63. The highest BCUT2D eigenvalue weighted by Gasteiger charge is 2.62. The molecule has 0 spiro atoms. The van der Waals surface area contributed by atoms with E-state index in [1.165, 1.54) is 25.7 Å². The molecule has 0 bridgehead atoms. The van der Waals surface area contributed by atoms with Gasteiger partial charge in [0, 0.05) is 12.1 Å². The van der Waals surface area contributed by atoms with Crippen LogP contribution in [0.15, 0.2) is 18.2 Å². The van der Waals surface area contributed by atoms with Crippen molar-refractivity contribution in [3.8, 4) is 5.75 Å². The summed E-state index contributed by atoms with van der Waals surface area (Å²) in [7, 11) is 1.58. The predicted molar refractivity (Wildman–Crippen MR) is 148 cm³/mol. The van der Waals surface area contributed by atoms with Gasteiger partial charge in [0.05, 0.1) is 24.3 Å². The van der Waals surface area contributed by atoms with Gasteiger partial charge in [0.15, 0.2) is 0 Å². The van der Waals surface area contributed by atoms with Crippen LogP contribution in [0.5, 0.6) is 5.75 Å². The Hall–Kier alpha value is -1.30. The van der Waals surface area contributed by atoms with Gasteiger partial charge in [-0.2, -0.15) is 0 Å². The number of anilines is 1. The van der Waals surface area contributed by atoms with E-state index in [4.69, 9.17) is 16.3 Å². The van der Waals surface area contributed by atoms with Crippen LogP contribution in [0.2, 0.25) is 5.02 Å². The molecule has 10 atom stereocenters. The fraction of sp³-hybridized carbons (Fsp3) is 0.774. The van der Waals surface area contributed by atoms with Crippen LogP contribution in [0, 0.1) is 46.3 Å². The topological polar surface area (TPSA) is 78.8 Å². The molecule has 1 amide bonds. The molecule has 0 heterocycles. The Bertz CT molecular complexity index is 1000. The first-order valence-electron chi connectivity index (χ1n) is 14.6. The fourth-order valence-corrected chi connectivity index (χ4v) is 9.96. The molecule has 1 aromatic carbocycles. The quantitative estimate of drug-likeness (QED) is 0.382. The second-order valence-electron chi connectivity index (χ2n) is 13.4. The van der Waals surface area contributed by atoms with Crippen molar-refractivity contribution in [1.82, 2.24) is 0 Å². The number of fused-ring (bicyclic) bond motifs is 5. The average Bonchev–Trinajstić information content (AvgIpc) is 3.21. The molecular weight excluding hydrogens is 486 g/mol.